The molecule has 4 rings (SSSR count). The molecule has 1 aromatic heterocycles. The minimum atomic E-state index is -0.579. The molecule has 1 atom stereocenters. The number of nitrogens with one attached hydrogen (secondary N) is 2. The van der Waals surface area contributed by atoms with Crippen LogP contribution in [0, 0.1) is 0 Å². The van der Waals surface area contributed by atoms with Crippen molar-refractivity contribution in [1.29, 1.82) is 0 Å². The van der Waals surface area contributed by atoms with Crippen molar-refractivity contribution in [3.05, 3.63) is 36.2 Å². The van der Waals surface area contributed by atoms with Crippen molar-refractivity contribution in [3.63, 3.8) is 0 Å². The first-order chi connectivity index (χ1) is 11.7. The van der Waals surface area contributed by atoms with Gasteiger partial charge in [0.25, 0.3) is 5.91 Å². The first-order valence-electron chi connectivity index (χ1n) is 7.87. The zero-order chi connectivity index (χ0) is 16.6. The van der Waals surface area contributed by atoms with Crippen molar-refractivity contribution in [1.82, 2.24) is 25.4 Å². The molecule has 2 aromatic rings. The van der Waals surface area contributed by atoms with Crippen LogP contribution in [0.15, 0.2) is 30.6 Å². The van der Waals surface area contributed by atoms with Crippen LogP contribution in [-0.2, 0) is 4.74 Å². The van der Waals surface area contributed by atoms with Crippen LogP contribution in [0.1, 0.15) is 23.2 Å². The Morgan fingerprint density at radius 3 is 2.79 bits per heavy atom. The molecule has 124 valence electrons. The van der Waals surface area contributed by atoms with E-state index in [0.717, 1.165) is 18.4 Å². The van der Waals surface area contributed by atoms with Crippen LogP contribution in [0.4, 0.5) is 4.79 Å². The first kappa shape index (κ1) is 14.7. The van der Waals surface area contributed by atoms with Crippen LogP contribution < -0.4 is 5.32 Å². The van der Waals surface area contributed by atoms with Crippen molar-refractivity contribution >= 4 is 12.0 Å². The molecule has 1 unspecified atom stereocenters. The van der Waals surface area contributed by atoms with Crippen molar-refractivity contribution < 1.29 is 14.3 Å². The van der Waals surface area contributed by atoms with Gasteiger partial charge in [0.15, 0.2) is 5.82 Å². The predicted molar refractivity (Wildman–Crippen MR) is 84.2 cm³/mol. The summed E-state index contributed by atoms with van der Waals surface area (Å²) in [5.74, 6) is 0.607. The summed E-state index contributed by atoms with van der Waals surface area (Å²) in [7, 11) is 0. The number of amides is 2. The summed E-state index contributed by atoms with van der Waals surface area (Å²) in [6.45, 7) is 1.55. The van der Waals surface area contributed by atoms with Gasteiger partial charge in [-0.15, -0.1) is 0 Å². The minimum absolute atomic E-state index is 0.0545. The summed E-state index contributed by atoms with van der Waals surface area (Å²) < 4.78 is 5.41. The molecule has 0 radical (unpaired) electrons. The van der Waals surface area contributed by atoms with E-state index in [9.17, 15) is 9.59 Å². The molecule has 1 spiro atoms. The van der Waals surface area contributed by atoms with E-state index in [1.165, 1.54) is 6.33 Å². The van der Waals surface area contributed by atoms with Gasteiger partial charge in [-0.1, -0.05) is 12.1 Å². The second kappa shape index (κ2) is 5.63. The third kappa shape index (κ3) is 2.60. The third-order valence-electron chi connectivity index (χ3n) is 4.51. The van der Waals surface area contributed by atoms with Crippen molar-refractivity contribution in [2.75, 3.05) is 19.6 Å². The normalized spacial score (nSPS) is 23.2. The summed E-state index contributed by atoms with van der Waals surface area (Å²) in [6, 6.07) is 7.23. The van der Waals surface area contributed by atoms with E-state index in [1.807, 2.05) is 12.1 Å². The highest BCUT2D eigenvalue weighted by Crippen LogP contribution is 2.29. The molecule has 8 heteroatoms. The lowest BCUT2D eigenvalue weighted by Gasteiger charge is -2.38. The summed E-state index contributed by atoms with van der Waals surface area (Å²) in [4.78, 5) is 30.0. The quantitative estimate of drug-likeness (QED) is 0.863. The number of H-pyrrole nitrogens is 1. The molecular formula is C16H17N5O3. The highest BCUT2D eigenvalue weighted by Gasteiger charge is 2.44. The van der Waals surface area contributed by atoms with E-state index >= 15 is 0 Å². The number of carbonyl (C=O) groups is 2. The molecule has 2 N–H and O–H groups in total. The van der Waals surface area contributed by atoms with Crippen molar-refractivity contribution in [3.8, 4) is 11.4 Å². The Morgan fingerprint density at radius 1 is 1.29 bits per heavy atom. The fourth-order valence-corrected chi connectivity index (χ4v) is 3.30. The van der Waals surface area contributed by atoms with Crippen LogP contribution in [0.3, 0.4) is 0 Å². The molecule has 2 aliphatic heterocycles. The zero-order valence-electron chi connectivity index (χ0n) is 13.0. The van der Waals surface area contributed by atoms with Crippen LogP contribution in [-0.4, -0.2) is 57.3 Å². The third-order valence-corrected chi connectivity index (χ3v) is 4.51. The number of rotatable bonds is 2. The number of aromatic nitrogens is 3. The highest BCUT2D eigenvalue weighted by molar-refractivity contribution is 5.94. The van der Waals surface area contributed by atoms with E-state index < -0.39 is 11.7 Å². The number of aromatic amines is 1. The highest BCUT2D eigenvalue weighted by atomic mass is 16.6. The predicted octanol–water partition coefficient (Wildman–Crippen LogP) is 1.19. The van der Waals surface area contributed by atoms with Gasteiger partial charge in [0, 0.05) is 17.7 Å². The average molecular weight is 327 g/mol. The zero-order valence-corrected chi connectivity index (χ0v) is 13.0. The summed E-state index contributed by atoms with van der Waals surface area (Å²) >= 11 is 0. The Kier molecular flexibility index (Phi) is 3.44. The molecule has 8 nitrogen and oxygen atoms in total. The van der Waals surface area contributed by atoms with Crippen LogP contribution >= 0.6 is 0 Å². The number of alkyl carbamates (subject to hydrolysis) is 1. The number of nitrogens with zero attached hydrogens (tertiary/aromatic N) is 3. The average Bonchev–Trinajstić information content (AvgIpc) is 3.25. The Bertz CT molecular complexity index is 759. The van der Waals surface area contributed by atoms with Gasteiger partial charge in [0.2, 0.25) is 0 Å². The van der Waals surface area contributed by atoms with Gasteiger partial charge < -0.3 is 15.0 Å². The molecule has 0 aliphatic carbocycles. The standard InChI is InChI=1S/C16H17N5O3/c22-14(12-4-2-11(3-5-12)13-18-10-19-20-13)21-7-1-6-16(9-21)8-17-15(23)24-16/h2-5,10H,1,6-9H2,(H,17,23)(H,18,19,20). The van der Waals surface area contributed by atoms with E-state index in [1.54, 1.807) is 17.0 Å². The van der Waals surface area contributed by atoms with Gasteiger partial charge in [0.05, 0.1) is 13.1 Å². The van der Waals surface area contributed by atoms with Gasteiger partial charge in [-0.25, -0.2) is 9.78 Å². The summed E-state index contributed by atoms with van der Waals surface area (Å²) in [5.41, 5.74) is 0.894. The second-order valence-electron chi connectivity index (χ2n) is 6.17. The van der Waals surface area contributed by atoms with Crippen LogP contribution in [0.2, 0.25) is 0 Å². The Morgan fingerprint density at radius 2 is 2.12 bits per heavy atom. The first-order valence-corrected chi connectivity index (χ1v) is 7.87. The number of ether oxygens (including phenoxy) is 1. The number of hydrogen-bond donors (Lipinski definition) is 2. The summed E-state index contributed by atoms with van der Waals surface area (Å²) in [5, 5.41) is 9.30. The van der Waals surface area contributed by atoms with Gasteiger partial charge in [-0.3, -0.25) is 9.89 Å². The SMILES string of the molecule is O=C1NCC2(CCCN(C(=O)c3ccc(-c4ncn[nH]4)cc3)C2)O1. The van der Waals surface area contributed by atoms with E-state index in [0.29, 0.717) is 31.0 Å². The maximum Gasteiger partial charge on any atom is 0.407 e. The smallest absolute Gasteiger partial charge is 0.407 e. The van der Waals surface area contributed by atoms with Crippen LogP contribution in [0.5, 0.6) is 0 Å². The Hall–Kier alpha value is -2.90. The monoisotopic (exact) mass is 327 g/mol. The Labute approximate surface area is 138 Å². The lowest BCUT2D eigenvalue weighted by atomic mass is 9.92. The Balaban J connectivity index is 1.50. The van der Waals surface area contributed by atoms with E-state index in [-0.39, 0.29) is 5.91 Å². The lowest BCUT2D eigenvalue weighted by molar-refractivity contribution is -0.00503. The largest absolute Gasteiger partial charge is 0.439 e. The number of carbonyl (C=O) groups excluding carboxylic acids is 2. The number of likely N-dealkylation sites (tertiary alicyclic amines) is 1. The van der Waals surface area contributed by atoms with Gasteiger partial charge in [0.1, 0.15) is 11.9 Å². The molecular weight excluding hydrogens is 310 g/mol. The molecule has 2 fully saturated rings. The molecule has 3 heterocycles. The second-order valence-corrected chi connectivity index (χ2v) is 6.17. The fourth-order valence-electron chi connectivity index (χ4n) is 3.30. The number of hydrogen-bond acceptors (Lipinski definition) is 5. The summed E-state index contributed by atoms with van der Waals surface area (Å²) in [6.07, 6.45) is 2.63. The maximum absolute atomic E-state index is 12.7. The van der Waals surface area contributed by atoms with Crippen molar-refractivity contribution in [2.24, 2.45) is 0 Å². The number of benzene rings is 1. The molecule has 2 aliphatic rings. The lowest BCUT2D eigenvalue weighted by Crippen LogP contribution is -2.52. The molecule has 1 aromatic carbocycles. The molecule has 24 heavy (non-hydrogen) atoms. The molecule has 0 saturated carbocycles. The maximum atomic E-state index is 12.7. The van der Waals surface area contributed by atoms with Gasteiger partial charge in [-0.05, 0) is 25.0 Å². The number of piperidine rings is 1. The van der Waals surface area contributed by atoms with E-state index in [4.69, 9.17) is 4.74 Å². The molecule has 0 bridgehead atoms. The minimum Gasteiger partial charge on any atom is -0.439 e. The topological polar surface area (TPSA) is 100 Å². The van der Waals surface area contributed by atoms with Crippen molar-refractivity contribution in [2.45, 2.75) is 18.4 Å². The molecule has 2 saturated heterocycles. The van der Waals surface area contributed by atoms with Crippen LogP contribution in [0.25, 0.3) is 11.4 Å². The van der Waals surface area contributed by atoms with Gasteiger partial charge in [-0.2, -0.15) is 5.10 Å². The van der Waals surface area contributed by atoms with E-state index in [2.05, 4.69) is 20.5 Å². The van der Waals surface area contributed by atoms with Gasteiger partial charge >= 0.3 is 6.09 Å². The molecule has 2 amide bonds. The fraction of sp³-hybridized carbons (Fsp3) is 0.375.